The number of nitrogens with zero attached hydrogens (tertiary/aromatic N) is 1. The van der Waals surface area contributed by atoms with Gasteiger partial charge in [-0.2, -0.15) is 0 Å². The van der Waals surface area contributed by atoms with Gasteiger partial charge in [-0.15, -0.1) is 0 Å². The fourth-order valence-electron chi connectivity index (χ4n) is 1.77. The second-order valence-electron chi connectivity index (χ2n) is 4.08. The van der Waals surface area contributed by atoms with Crippen LogP contribution in [0.25, 0.3) is 6.08 Å². The van der Waals surface area contributed by atoms with E-state index < -0.39 is 0 Å². The Kier molecular flexibility index (Phi) is 5.43. The summed E-state index contributed by atoms with van der Waals surface area (Å²) in [5.41, 5.74) is 1.76. The minimum absolute atomic E-state index is 0.0934. The van der Waals surface area contributed by atoms with Gasteiger partial charge in [-0.3, -0.25) is 4.79 Å². The number of likely N-dealkylation sites (N-methyl/N-ethyl adjacent to an activating group) is 1. The summed E-state index contributed by atoms with van der Waals surface area (Å²) in [6.45, 7) is 7.31. The fourth-order valence-corrected chi connectivity index (χ4v) is 1.77. The Labute approximate surface area is 109 Å². The van der Waals surface area contributed by atoms with E-state index in [-0.39, 0.29) is 5.91 Å². The van der Waals surface area contributed by atoms with Gasteiger partial charge in [-0.1, -0.05) is 12.1 Å². The molecule has 1 amide bonds. The summed E-state index contributed by atoms with van der Waals surface area (Å²) in [5, 5.41) is 0. The number of hydrogen-bond donors (Lipinski definition) is 0. The average molecular weight is 247 g/mol. The smallest absolute Gasteiger partial charge is 0.249 e. The van der Waals surface area contributed by atoms with Gasteiger partial charge in [-0.05, 0) is 44.5 Å². The molecule has 0 spiro atoms. The molecule has 0 saturated carbocycles. The molecular formula is C15H21NO2. The Hall–Kier alpha value is -1.77. The van der Waals surface area contributed by atoms with Crippen molar-refractivity contribution in [2.45, 2.75) is 20.8 Å². The van der Waals surface area contributed by atoms with Crippen molar-refractivity contribution in [3.63, 3.8) is 0 Å². The van der Waals surface area contributed by atoms with Crippen LogP contribution in [0.5, 0.6) is 5.75 Å². The molecule has 1 aromatic rings. The molecule has 0 unspecified atom stereocenters. The lowest BCUT2D eigenvalue weighted by molar-refractivity contribution is -0.126. The largest absolute Gasteiger partial charge is 0.497 e. The van der Waals surface area contributed by atoms with E-state index in [1.807, 2.05) is 56.0 Å². The highest BCUT2D eigenvalue weighted by molar-refractivity contribution is 5.97. The van der Waals surface area contributed by atoms with E-state index in [4.69, 9.17) is 4.74 Å². The SMILES string of the molecule is CCN(CC)C(=O)/C(C)=C/c1ccc(OC)cc1. The number of carbonyl (C=O) groups excluding carboxylic acids is 1. The van der Waals surface area contributed by atoms with Gasteiger partial charge in [0.25, 0.3) is 0 Å². The van der Waals surface area contributed by atoms with E-state index in [2.05, 4.69) is 0 Å². The molecule has 0 aliphatic carbocycles. The van der Waals surface area contributed by atoms with Crippen molar-refractivity contribution < 1.29 is 9.53 Å². The molecule has 0 saturated heterocycles. The van der Waals surface area contributed by atoms with Crippen molar-refractivity contribution in [1.29, 1.82) is 0 Å². The first kappa shape index (κ1) is 14.3. The fraction of sp³-hybridized carbons (Fsp3) is 0.400. The zero-order chi connectivity index (χ0) is 13.5. The predicted octanol–water partition coefficient (Wildman–Crippen LogP) is 2.97. The van der Waals surface area contributed by atoms with Gasteiger partial charge in [-0.25, -0.2) is 0 Å². The third kappa shape index (κ3) is 3.62. The number of benzene rings is 1. The lowest BCUT2D eigenvalue weighted by atomic mass is 10.1. The number of ether oxygens (including phenoxy) is 1. The van der Waals surface area contributed by atoms with Gasteiger partial charge in [0.1, 0.15) is 5.75 Å². The highest BCUT2D eigenvalue weighted by atomic mass is 16.5. The van der Waals surface area contributed by atoms with E-state index >= 15 is 0 Å². The standard InChI is InChI=1S/C15H21NO2/c1-5-16(6-2)15(17)12(3)11-13-7-9-14(18-4)10-8-13/h7-11H,5-6H2,1-4H3/b12-11+. The molecule has 98 valence electrons. The molecule has 1 aromatic carbocycles. The summed E-state index contributed by atoms with van der Waals surface area (Å²) < 4.78 is 5.10. The summed E-state index contributed by atoms with van der Waals surface area (Å²) >= 11 is 0. The van der Waals surface area contributed by atoms with Crippen LogP contribution in [-0.4, -0.2) is 31.0 Å². The maximum absolute atomic E-state index is 12.1. The van der Waals surface area contributed by atoms with Crippen molar-refractivity contribution in [2.24, 2.45) is 0 Å². The molecule has 0 fully saturated rings. The molecule has 0 radical (unpaired) electrons. The molecular weight excluding hydrogens is 226 g/mol. The molecule has 0 atom stereocenters. The van der Waals surface area contributed by atoms with Crippen molar-refractivity contribution >= 4 is 12.0 Å². The molecule has 3 nitrogen and oxygen atoms in total. The minimum Gasteiger partial charge on any atom is -0.497 e. The van der Waals surface area contributed by atoms with Crippen molar-refractivity contribution in [3.05, 3.63) is 35.4 Å². The molecule has 0 aromatic heterocycles. The molecule has 0 aliphatic rings. The van der Waals surface area contributed by atoms with Crippen LogP contribution in [-0.2, 0) is 4.79 Å². The maximum atomic E-state index is 12.1. The van der Waals surface area contributed by atoms with Gasteiger partial charge >= 0.3 is 0 Å². The van der Waals surface area contributed by atoms with Crippen LogP contribution in [0.4, 0.5) is 0 Å². The molecule has 0 aliphatic heterocycles. The summed E-state index contributed by atoms with van der Waals surface area (Å²) in [6.07, 6.45) is 1.90. The monoisotopic (exact) mass is 247 g/mol. The summed E-state index contributed by atoms with van der Waals surface area (Å²) in [4.78, 5) is 13.9. The lowest BCUT2D eigenvalue weighted by Crippen LogP contribution is -2.30. The Morgan fingerprint density at radius 1 is 1.22 bits per heavy atom. The Balaban J connectivity index is 2.84. The van der Waals surface area contributed by atoms with Crippen molar-refractivity contribution in [3.8, 4) is 5.75 Å². The summed E-state index contributed by atoms with van der Waals surface area (Å²) in [5.74, 6) is 0.913. The first-order valence-corrected chi connectivity index (χ1v) is 6.24. The number of hydrogen-bond acceptors (Lipinski definition) is 2. The van der Waals surface area contributed by atoms with Crippen LogP contribution < -0.4 is 4.74 Å². The minimum atomic E-state index is 0.0934. The molecule has 3 heteroatoms. The zero-order valence-electron chi connectivity index (χ0n) is 11.6. The van der Waals surface area contributed by atoms with E-state index in [1.54, 1.807) is 7.11 Å². The topological polar surface area (TPSA) is 29.5 Å². The van der Waals surface area contributed by atoms with Gasteiger partial charge in [0.15, 0.2) is 0 Å². The van der Waals surface area contributed by atoms with Crippen molar-refractivity contribution in [2.75, 3.05) is 20.2 Å². The normalized spacial score (nSPS) is 11.2. The van der Waals surface area contributed by atoms with Crippen LogP contribution in [0.1, 0.15) is 26.3 Å². The second kappa shape index (κ2) is 6.84. The second-order valence-corrected chi connectivity index (χ2v) is 4.08. The van der Waals surface area contributed by atoms with Gasteiger partial charge in [0, 0.05) is 18.7 Å². The number of methoxy groups -OCH3 is 1. The number of amides is 1. The third-order valence-electron chi connectivity index (χ3n) is 2.89. The summed E-state index contributed by atoms with van der Waals surface area (Å²) in [7, 11) is 1.64. The van der Waals surface area contributed by atoms with Crippen LogP contribution >= 0.6 is 0 Å². The highest BCUT2D eigenvalue weighted by Gasteiger charge is 2.11. The zero-order valence-corrected chi connectivity index (χ0v) is 11.6. The van der Waals surface area contributed by atoms with E-state index in [0.29, 0.717) is 0 Å². The molecule has 1 rings (SSSR count). The van der Waals surface area contributed by atoms with Gasteiger partial charge < -0.3 is 9.64 Å². The first-order valence-electron chi connectivity index (χ1n) is 6.24. The third-order valence-corrected chi connectivity index (χ3v) is 2.89. The quantitative estimate of drug-likeness (QED) is 0.749. The van der Waals surface area contributed by atoms with Gasteiger partial charge in [0.2, 0.25) is 5.91 Å². The first-order chi connectivity index (χ1) is 8.62. The molecule has 0 N–H and O–H groups in total. The number of carbonyl (C=O) groups is 1. The van der Waals surface area contributed by atoms with Crippen LogP contribution in [0, 0.1) is 0 Å². The Morgan fingerprint density at radius 2 is 1.78 bits per heavy atom. The molecule has 18 heavy (non-hydrogen) atoms. The number of rotatable bonds is 5. The summed E-state index contributed by atoms with van der Waals surface area (Å²) in [6, 6.07) is 7.66. The van der Waals surface area contributed by atoms with Crippen molar-refractivity contribution in [1.82, 2.24) is 4.90 Å². The molecule has 0 heterocycles. The van der Waals surface area contributed by atoms with Crippen LogP contribution in [0.3, 0.4) is 0 Å². The van der Waals surface area contributed by atoms with Gasteiger partial charge in [0.05, 0.1) is 7.11 Å². The highest BCUT2D eigenvalue weighted by Crippen LogP contribution is 2.14. The lowest BCUT2D eigenvalue weighted by Gasteiger charge is -2.18. The Morgan fingerprint density at radius 3 is 2.22 bits per heavy atom. The molecule has 0 bridgehead atoms. The predicted molar refractivity (Wildman–Crippen MR) is 74.6 cm³/mol. The van der Waals surface area contributed by atoms with Crippen LogP contribution in [0.15, 0.2) is 29.8 Å². The van der Waals surface area contributed by atoms with E-state index in [1.165, 1.54) is 0 Å². The maximum Gasteiger partial charge on any atom is 0.249 e. The van der Waals surface area contributed by atoms with E-state index in [0.717, 1.165) is 30.0 Å². The van der Waals surface area contributed by atoms with E-state index in [9.17, 15) is 4.79 Å². The average Bonchev–Trinajstić information content (AvgIpc) is 2.40. The Bertz CT molecular complexity index is 417. The van der Waals surface area contributed by atoms with Crippen LogP contribution in [0.2, 0.25) is 0 Å².